The molecule has 1 aliphatic rings. The Balaban J connectivity index is 0.961. The number of benzene rings is 9. The van der Waals surface area contributed by atoms with Crippen molar-refractivity contribution in [2.24, 2.45) is 0 Å². The highest BCUT2D eigenvalue weighted by Crippen LogP contribution is 2.50. The molecule has 3 heterocycles. The van der Waals surface area contributed by atoms with Gasteiger partial charge in [-0.3, -0.25) is 4.98 Å². The van der Waals surface area contributed by atoms with Gasteiger partial charge < -0.3 is 9.13 Å². The van der Waals surface area contributed by atoms with Crippen LogP contribution in [0.5, 0.6) is 0 Å². The van der Waals surface area contributed by atoms with Crippen LogP contribution >= 0.6 is 0 Å². The standard InChI is InChI=1S/C55H33N3/c1-2-14-40(15-3-1)57-49-22-8-6-18-43(49)47-30-35(26-27-51(47)57)34-24-25-36-32-52-48(31-39(36)28-34)44-19-7-9-23-50(44)58(52)41-16-10-12-37(29-41)55-54-46-20-5-4-17-42(46)45-21-11-13-38(33-56-55)53(45)54/h1-33H. The summed E-state index contributed by atoms with van der Waals surface area (Å²) in [5.74, 6) is 0. The number of hydrogen-bond donors (Lipinski definition) is 0. The zero-order chi connectivity index (χ0) is 37.9. The Bertz CT molecular complexity index is 3680. The predicted molar refractivity (Wildman–Crippen MR) is 243 cm³/mol. The fourth-order valence-electron chi connectivity index (χ4n) is 9.89. The van der Waals surface area contributed by atoms with Crippen molar-refractivity contribution < 1.29 is 0 Å². The molecule has 12 aromatic rings. The predicted octanol–water partition coefficient (Wildman–Crippen LogP) is 14.6. The highest BCUT2D eigenvalue weighted by Gasteiger charge is 2.25. The van der Waals surface area contributed by atoms with E-state index in [-0.39, 0.29) is 0 Å². The summed E-state index contributed by atoms with van der Waals surface area (Å²) in [5, 5.41) is 9.92. The summed E-state index contributed by atoms with van der Waals surface area (Å²) in [6.07, 6.45) is 2.04. The monoisotopic (exact) mass is 735 g/mol. The van der Waals surface area contributed by atoms with Crippen LogP contribution in [-0.2, 0) is 0 Å². The van der Waals surface area contributed by atoms with Crippen molar-refractivity contribution in [3.8, 4) is 56.0 Å². The zero-order valence-electron chi connectivity index (χ0n) is 31.4. The first-order chi connectivity index (χ1) is 28.8. The second kappa shape index (κ2) is 11.9. The van der Waals surface area contributed by atoms with E-state index < -0.39 is 0 Å². The fourth-order valence-corrected chi connectivity index (χ4v) is 9.89. The number of aromatic nitrogens is 3. The van der Waals surface area contributed by atoms with Crippen LogP contribution in [0.1, 0.15) is 0 Å². The highest BCUT2D eigenvalue weighted by molar-refractivity contribution is 6.19. The Hall–Kier alpha value is -7.75. The highest BCUT2D eigenvalue weighted by atomic mass is 15.0. The van der Waals surface area contributed by atoms with Crippen molar-refractivity contribution in [1.82, 2.24) is 14.1 Å². The van der Waals surface area contributed by atoms with Crippen molar-refractivity contribution in [2.45, 2.75) is 0 Å². The molecule has 0 radical (unpaired) electrons. The maximum Gasteiger partial charge on any atom is 0.0787 e. The summed E-state index contributed by atoms with van der Waals surface area (Å²) in [7, 11) is 0. The molecule has 0 fully saturated rings. The molecule has 268 valence electrons. The molecule has 0 saturated heterocycles. The van der Waals surface area contributed by atoms with Gasteiger partial charge in [0.05, 0.1) is 27.8 Å². The second-order valence-electron chi connectivity index (χ2n) is 15.6. The van der Waals surface area contributed by atoms with Crippen LogP contribution in [-0.4, -0.2) is 14.1 Å². The molecule has 0 spiro atoms. The third kappa shape index (κ3) is 4.41. The summed E-state index contributed by atoms with van der Waals surface area (Å²) < 4.78 is 4.80. The van der Waals surface area contributed by atoms with E-state index in [4.69, 9.17) is 4.98 Å². The lowest BCUT2D eigenvalue weighted by atomic mass is 9.98. The van der Waals surface area contributed by atoms with Crippen LogP contribution in [0.15, 0.2) is 200 Å². The van der Waals surface area contributed by atoms with Gasteiger partial charge >= 0.3 is 0 Å². The van der Waals surface area contributed by atoms with Crippen LogP contribution in [0.3, 0.4) is 0 Å². The lowest BCUT2D eigenvalue weighted by Gasteiger charge is -2.13. The van der Waals surface area contributed by atoms with Crippen LogP contribution in [0.2, 0.25) is 0 Å². The molecule has 0 atom stereocenters. The Labute approximate surface area is 334 Å². The normalized spacial score (nSPS) is 12.1. The first-order valence-electron chi connectivity index (χ1n) is 20.0. The molecule has 9 aromatic carbocycles. The summed E-state index contributed by atoms with van der Waals surface area (Å²) in [6, 6.07) is 71.1. The van der Waals surface area contributed by atoms with Crippen LogP contribution in [0.4, 0.5) is 0 Å². The zero-order valence-corrected chi connectivity index (χ0v) is 31.4. The summed E-state index contributed by atoms with van der Waals surface area (Å²) >= 11 is 0. The minimum Gasteiger partial charge on any atom is -0.309 e. The van der Waals surface area contributed by atoms with Gasteiger partial charge in [-0.1, -0.05) is 127 Å². The Morgan fingerprint density at radius 2 is 0.966 bits per heavy atom. The molecule has 13 rings (SSSR count). The number of para-hydroxylation sites is 3. The van der Waals surface area contributed by atoms with Crippen molar-refractivity contribution >= 4 is 65.2 Å². The minimum absolute atomic E-state index is 1.02. The topological polar surface area (TPSA) is 22.8 Å². The van der Waals surface area contributed by atoms with Crippen LogP contribution in [0.25, 0.3) is 121 Å². The maximum absolute atomic E-state index is 5.14. The van der Waals surface area contributed by atoms with Crippen molar-refractivity contribution in [3.05, 3.63) is 200 Å². The van der Waals surface area contributed by atoms with Gasteiger partial charge in [-0.15, -0.1) is 0 Å². The first-order valence-corrected chi connectivity index (χ1v) is 20.0. The SMILES string of the molecule is c1ccc(-n2c3ccccc3c3cc(-c4ccc5cc6c(cc5c4)c4ccccc4n6-c4cccc(-c5ncc6cccc7c6c5-c5ccccc5-7)c4)ccc32)cc1. The number of fused-ring (bicyclic) bond motifs is 10. The smallest absolute Gasteiger partial charge is 0.0787 e. The lowest BCUT2D eigenvalue weighted by molar-refractivity contribution is 1.18. The van der Waals surface area contributed by atoms with E-state index in [0.29, 0.717) is 0 Å². The fraction of sp³-hybridized carbons (Fsp3) is 0. The second-order valence-corrected chi connectivity index (χ2v) is 15.6. The molecule has 3 aromatic heterocycles. The lowest BCUT2D eigenvalue weighted by Crippen LogP contribution is -1.96. The molecule has 0 amide bonds. The van der Waals surface area contributed by atoms with Gasteiger partial charge in [0.1, 0.15) is 0 Å². The van der Waals surface area contributed by atoms with Gasteiger partial charge in [-0.25, -0.2) is 0 Å². The van der Waals surface area contributed by atoms with E-state index in [9.17, 15) is 0 Å². The number of hydrogen-bond acceptors (Lipinski definition) is 1. The number of nitrogens with zero attached hydrogens (tertiary/aromatic N) is 3. The Morgan fingerprint density at radius 3 is 1.81 bits per heavy atom. The number of pyridine rings is 1. The quantitative estimate of drug-likeness (QED) is 0.176. The molecule has 0 N–H and O–H groups in total. The van der Waals surface area contributed by atoms with Crippen LogP contribution in [0, 0.1) is 0 Å². The first kappa shape index (κ1) is 31.5. The Kier molecular flexibility index (Phi) is 6.44. The van der Waals surface area contributed by atoms with E-state index in [2.05, 4.69) is 203 Å². The van der Waals surface area contributed by atoms with E-state index in [1.165, 1.54) is 104 Å². The summed E-state index contributed by atoms with van der Waals surface area (Å²) in [4.78, 5) is 5.14. The molecular weight excluding hydrogens is 703 g/mol. The molecule has 58 heavy (non-hydrogen) atoms. The minimum atomic E-state index is 1.02. The van der Waals surface area contributed by atoms with Crippen LogP contribution < -0.4 is 0 Å². The molecule has 3 heteroatoms. The summed E-state index contributed by atoms with van der Waals surface area (Å²) in [6.45, 7) is 0. The molecule has 0 saturated carbocycles. The average molecular weight is 736 g/mol. The van der Waals surface area contributed by atoms with Crippen molar-refractivity contribution in [1.29, 1.82) is 0 Å². The van der Waals surface area contributed by atoms with Crippen molar-refractivity contribution in [3.63, 3.8) is 0 Å². The van der Waals surface area contributed by atoms with Gasteiger partial charge in [-0.05, 0) is 105 Å². The molecular formula is C55H33N3. The van der Waals surface area contributed by atoms with Gasteiger partial charge in [0.2, 0.25) is 0 Å². The molecule has 3 nitrogen and oxygen atoms in total. The van der Waals surface area contributed by atoms with Gasteiger partial charge in [0.15, 0.2) is 0 Å². The van der Waals surface area contributed by atoms with Gasteiger partial charge in [0.25, 0.3) is 0 Å². The van der Waals surface area contributed by atoms with Crippen molar-refractivity contribution in [2.75, 3.05) is 0 Å². The van der Waals surface area contributed by atoms with E-state index in [0.717, 1.165) is 16.9 Å². The maximum atomic E-state index is 5.14. The molecule has 1 aliphatic carbocycles. The van der Waals surface area contributed by atoms with E-state index in [1.807, 2.05) is 6.20 Å². The summed E-state index contributed by atoms with van der Waals surface area (Å²) in [5.41, 5.74) is 16.7. The molecule has 0 unspecified atom stereocenters. The molecule has 0 bridgehead atoms. The number of rotatable bonds is 4. The van der Waals surface area contributed by atoms with Gasteiger partial charge in [-0.2, -0.15) is 0 Å². The van der Waals surface area contributed by atoms with Gasteiger partial charge in [0, 0.05) is 61.0 Å². The van der Waals surface area contributed by atoms with E-state index >= 15 is 0 Å². The Morgan fingerprint density at radius 1 is 0.328 bits per heavy atom. The largest absolute Gasteiger partial charge is 0.309 e. The molecule has 0 aliphatic heterocycles. The average Bonchev–Trinajstić information content (AvgIpc) is 3.92. The third-order valence-corrected chi connectivity index (χ3v) is 12.4. The van der Waals surface area contributed by atoms with E-state index in [1.54, 1.807) is 0 Å². The third-order valence-electron chi connectivity index (χ3n) is 12.4.